The zero-order valence-electron chi connectivity index (χ0n) is 16.8. The molecule has 0 amide bonds. The Morgan fingerprint density at radius 1 is 1.24 bits per heavy atom. The predicted molar refractivity (Wildman–Crippen MR) is 115 cm³/mol. The number of halogens is 3. The lowest BCUT2D eigenvalue weighted by Crippen LogP contribution is -2.42. The van der Waals surface area contributed by atoms with E-state index < -0.39 is 6.17 Å². The van der Waals surface area contributed by atoms with Gasteiger partial charge in [0.2, 0.25) is 0 Å². The zero-order valence-corrected chi connectivity index (χ0v) is 18.3. The summed E-state index contributed by atoms with van der Waals surface area (Å²) in [5.74, 6) is 1.13. The van der Waals surface area contributed by atoms with E-state index in [2.05, 4.69) is 11.8 Å². The molecule has 7 heteroatoms. The van der Waals surface area contributed by atoms with E-state index in [0.29, 0.717) is 51.6 Å². The van der Waals surface area contributed by atoms with Gasteiger partial charge in [-0.25, -0.2) is 14.4 Å². The Labute approximate surface area is 181 Å². The standard InChI is InChI=1S/C22H26Cl2FN3O/c1-13-10-15(25)11-22(13)6-8-28(9-7-22)21-18(12-29)27-20(14(2)26-21)16-4-3-5-17(23)19(16)24/h3-5,13,15,29H,6-12H2,1-2H3/t13-,15+/m1/s1. The van der Waals surface area contributed by atoms with Gasteiger partial charge in [0, 0.05) is 18.7 Å². The molecule has 0 unspecified atom stereocenters. The molecule has 156 valence electrons. The van der Waals surface area contributed by atoms with Crippen molar-refractivity contribution < 1.29 is 9.50 Å². The Kier molecular flexibility index (Phi) is 5.75. The van der Waals surface area contributed by atoms with Gasteiger partial charge in [-0.2, -0.15) is 0 Å². The molecule has 0 bridgehead atoms. The number of alkyl halides is 1. The van der Waals surface area contributed by atoms with Crippen LogP contribution in [-0.2, 0) is 6.61 Å². The van der Waals surface area contributed by atoms with Crippen LogP contribution in [0.1, 0.15) is 44.0 Å². The van der Waals surface area contributed by atoms with Crippen molar-refractivity contribution in [1.82, 2.24) is 9.97 Å². The second kappa shape index (κ2) is 8.01. The van der Waals surface area contributed by atoms with Crippen LogP contribution >= 0.6 is 23.2 Å². The molecule has 2 aromatic rings. The molecular formula is C22H26Cl2FN3O. The van der Waals surface area contributed by atoms with E-state index in [1.165, 1.54) is 0 Å². The number of nitrogens with zero attached hydrogens (tertiary/aromatic N) is 3. The second-order valence-corrected chi connectivity index (χ2v) is 9.26. The van der Waals surface area contributed by atoms with Gasteiger partial charge in [0.1, 0.15) is 11.9 Å². The molecule has 4 nitrogen and oxygen atoms in total. The second-order valence-electron chi connectivity index (χ2n) is 8.47. The molecule has 1 saturated heterocycles. The number of aliphatic hydroxyl groups is 1. The van der Waals surface area contributed by atoms with Crippen molar-refractivity contribution in [3.05, 3.63) is 39.6 Å². The van der Waals surface area contributed by atoms with E-state index in [1.54, 1.807) is 6.07 Å². The number of hydrogen-bond acceptors (Lipinski definition) is 4. The molecule has 1 aromatic carbocycles. The van der Waals surface area contributed by atoms with Gasteiger partial charge in [-0.3, -0.25) is 0 Å². The van der Waals surface area contributed by atoms with Gasteiger partial charge in [-0.05, 0) is 50.0 Å². The molecule has 2 fully saturated rings. The summed E-state index contributed by atoms with van der Waals surface area (Å²) < 4.78 is 14.0. The molecule has 1 saturated carbocycles. The minimum absolute atomic E-state index is 0.103. The van der Waals surface area contributed by atoms with Crippen LogP contribution in [0.2, 0.25) is 10.0 Å². The Bertz CT molecular complexity index is 915. The highest BCUT2D eigenvalue weighted by molar-refractivity contribution is 6.43. The summed E-state index contributed by atoms with van der Waals surface area (Å²) >= 11 is 12.5. The van der Waals surface area contributed by atoms with Crippen molar-refractivity contribution in [2.45, 2.75) is 52.3 Å². The summed E-state index contributed by atoms with van der Waals surface area (Å²) in [6, 6.07) is 5.40. The van der Waals surface area contributed by atoms with Crippen LogP contribution < -0.4 is 4.90 Å². The average Bonchev–Trinajstić information content (AvgIpc) is 2.97. The first-order chi connectivity index (χ1) is 13.8. The maximum atomic E-state index is 14.0. The van der Waals surface area contributed by atoms with Crippen LogP contribution in [0.4, 0.5) is 10.2 Å². The molecule has 4 rings (SSSR count). The Hall–Kier alpha value is -1.43. The van der Waals surface area contributed by atoms with E-state index in [-0.39, 0.29) is 12.0 Å². The number of piperidine rings is 1. The number of anilines is 1. The van der Waals surface area contributed by atoms with Crippen LogP contribution in [0.15, 0.2) is 18.2 Å². The average molecular weight is 438 g/mol. The zero-order chi connectivity index (χ0) is 20.8. The number of aryl methyl sites for hydroxylation is 1. The van der Waals surface area contributed by atoms with Crippen LogP contribution in [-0.4, -0.2) is 34.3 Å². The molecule has 2 heterocycles. The van der Waals surface area contributed by atoms with Crippen molar-refractivity contribution >= 4 is 29.0 Å². The molecular weight excluding hydrogens is 412 g/mol. The van der Waals surface area contributed by atoms with Crippen LogP contribution in [0.25, 0.3) is 11.3 Å². The molecule has 1 spiro atoms. The van der Waals surface area contributed by atoms with Gasteiger partial charge in [0.25, 0.3) is 0 Å². The summed E-state index contributed by atoms with van der Waals surface area (Å²) in [4.78, 5) is 11.7. The van der Waals surface area contributed by atoms with Gasteiger partial charge in [-0.1, -0.05) is 42.3 Å². The van der Waals surface area contributed by atoms with Crippen LogP contribution in [0, 0.1) is 18.3 Å². The van der Waals surface area contributed by atoms with Gasteiger partial charge < -0.3 is 10.0 Å². The topological polar surface area (TPSA) is 49.2 Å². The van der Waals surface area contributed by atoms with Crippen LogP contribution in [0.5, 0.6) is 0 Å². The molecule has 1 aliphatic carbocycles. The summed E-state index contributed by atoms with van der Waals surface area (Å²) in [6.45, 7) is 5.47. The monoisotopic (exact) mass is 437 g/mol. The molecule has 29 heavy (non-hydrogen) atoms. The van der Waals surface area contributed by atoms with Crippen molar-refractivity contribution in [1.29, 1.82) is 0 Å². The third kappa shape index (κ3) is 3.73. The summed E-state index contributed by atoms with van der Waals surface area (Å²) in [6.07, 6.45) is 2.57. The van der Waals surface area contributed by atoms with E-state index in [1.807, 2.05) is 19.1 Å². The number of benzene rings is 1. The van der Waals surface area contributed by atoms with E-state index in [4.69, 9.17) is 33.2 Å². The molecule has 1 N–H and O–H groups in total. The first-order valence-electron chi connectivity index (χ1n) is 10.2. The third-order valence-corrected chi connectivity index (χ3v) is 7.64. The summed E-state index contributed by atoms with van der Waals surface area (Å²) in [5.41, 5.74) is 2.70. The minimum Gasteiger partial charge on any atom is -0.390 e. The number of hydrogen-bond donors (Lipinski definition) is 1. The van der Waals surface area contributed by atoms with Crippen molar-refractivity contribution in [3.63, 3.8) is 0 Å². The van der Waals surface area contributed by atoms with Crippen LogP contribution in [0.3, 0.4) is 0 Å². The van der Waals surface area contributed by atoms with E-state index in [0.717, 1.165) is 31.6 Å². The van der Waals surface area contributed by atoms with Gasteiger partial charge in [0.05, 0.1) is 28.0 Å². The fraction of sp³-hybridized carbons (Fsp3) is 0.545. The Morgan fingerprint density at radius 2 is 1.97 bits per heavy atom. The summed E-state index contributed by atoms with van der Waals surface area (Å²) in [7, 11) is 0. The quantitative estimate of drug-likeness (QED) is 0.677. The molecule has 2 atom stereocenters. The Morgan fingerprint density at radius 3 is 2.59 bits per heavy atom. The molecule has 2 aliphatic rings. The number of aromatic nitrogens is 2. The maximum absolute atomic E-state index is 14.0. The predicted octanol–water partition coefficient (Wildman–Crippen LogP) is 5.61. The lowest BCUT2D eigenvalue weighted by Gasteiger charge is -2.43. The smallest absolute Gasteiger partial charge is 0.153 e. The van der Waals surface area contributed by atoms with Gasteiger partial charge in [0.15, 0.2) is 5.82 Å². The SMILES string of the molecule is Cc1nc(N2CCC3(CC2)C[C@@H](F)C[C@H]3C)c(CO)nc1-c1cccc(Cl)c1Cl. The van der Waals surface area contributed by atoms with Crippen molar-refractivity contribution in [2.75, 3.05) is 18.0 Å². The highest BCUT2D eigenvalue weighted by Gasteiger charge is 2.47. The largest absolute Gasteiger partial charge is 0.390 e. The maximum Gasteiger partial charge on any atom is 0.153 e. The number of aliphatic hydroxyl groups excluding tert-OH is 1. The van der Waals surface area contributed by atoms with Gasteiger partial charge in [-0.15, -0.1) is 0 Å². The lowest BCUT2D eigenvalue weighted by atomic mass is 9.71. The molecule has 1 aromatic heterocycles. The molecule has 0 radical (unpaired) electrons. The normalized spacial score (nSPS) is 23.7. The highest BCUT2D eigenvalue weighted by Crippen LogP contribution is 2.51. The summed E-state index contributed by atoms with van der Waals surface area (Å²) in [5, 5.41) is 10.9. The third-order valence-electron chi connectivity index (χ3n) is 6.82. The lowest BCUT2D eigenvalue weighted by molar-refractivity contribution is 0.155. The first-order valence-corrected chi connectivity index (χ1v) is 10.9. The van der Waals surface area contributed by atoms with Crippen molar-refractivity contribution in [2.24, 2.45) is 11.3 Å². The van der Waals surface area contributed by atoms with Crippen molar-refractivity contribution in [3.8, 4) is 11.3 Å². The molecule has 1 aliphatic heterocycles. The minimum atomic E-state index is -0.673. The fourth-order valence-corrected chi connectivity index (χ4v) is 5.45. The number of rotatable bonds is 3. The van der Waals surface area contributed by atoms with E-state index in [9.17, 15) is 9.50 Å². The van der Waals surface area contributed by atoms with E-state index >= 15 is 0 Å². The Balaban J connectivity index is 1.63. The highest BCUT2D eigenvalue weighted by atomic mass is 35.5. The fourth-order valence-electron chi connectivity index (χ4n) is 5.06. The first kappa shape index (κ1) is 20.8. The van der Waals surface area contributed by atoms with Gasteiger partial charge >= 0.3 is 0 Å².